The summed E-state index contributed by atoms with van der Waals surface area (Å²) in [5.41, 5.74) is 1.09. The highest BCUT2D eigenvalue weighted by atomic mass is 79.9. The van der Waals surface area contributed by atoms with Gasteiger partial charge in [-0.3, -0.25) is 0 Å². The van der Waals surface area contributed by atoms with Crippen LogP contribution in [-0.4, -0.2) is 7.05 Å². The average Bonchev–Trinajstić information content (AvgIpc) is 2.82. The van der Waals surface area contributed by atoms with Crippen LogP contribution in [0.3, 0.4) is 0 Å². The molecule has 0 aliphatic heterocycles. The van der Waals surface area contributed by atoms with Crippen molar-refractivity contribution in [3.05, 3.63) is 56.4 Å². The minimum absolute atomic E-state index is 0.213. The highest BCUT2D eigenvalue weighted by Gasteiger charge is 2.12. The molecule has 1 nitrogen and oxygen atoms in total. The molecule has 1 atom stereocenters. The average molecular weight is 314 g/mol. The van der Waals surface area contributed by atoms with Gasteiger partial charge in [0.1, 0.15) is 5.82 Å². The third-order valence-corrected chi connectivity index (χ3v) is 4.19. The van der Waals surface area contributed by atoms with E-state index in [9.17, 15) is 4.39 Å². The van der Waals surface area contributed by atoms with Gasteiger partial charge in [-0.15, -0.1) is 11.3 Å². The van der Waals surface area contributed by atoms with Crippen molar-refractivity contribution in [1.82, 2.24) is 5.32 Å². The Morgan fingerprint density at radius 2 is 2.24 bits per heavy atom. The minimum Gasteiger partial charge on any atom is -0.313 e. The molecule has 1 N–H and O–H groups in total. The molecule has 2 rings (SSSR count). The monoisotopic (exact) mass is 313 g/mol. The van der Waals surface area contributed by atoms with Crippen molar-refractivity contribution >= 4 is 27.3 Å². The van der Waals surface area contributed by atoms with Crippen molar-refractivity contribution in [1.29, 1.82) is 0 Å². The number of thiophene rings is 1. The van der Waals surface area contributed by atoms with Crippen LogP contribution in [0.5, 0.6) is 0 Å². The number of hydrogen-bond acceptors (Lipinski definition) is 2. The van der Waals surface area contributed by atoms with Gasteiger partial charge in [0, 0.05) is 17.3 Å². The standard InChI is InChI=1S/C13H13BrFNS/c1-16-13(8-10-3-2-6-17-10)9-4-5-12(15)11(14)7-9/h2-7,13,16H,8H2,1H3. The van der Waals surface area contributed by atoms with Crippen LogP contribution in [0.1, 0.15) is 16.5 Å². The summed E-state index contributed by atoms with van der Waals surface area (Å²) in [6, 6.07) is 9.54. The largest absolute Gasteiger partial charge is 0.313 e. The molecular formula is C13H13BrFNS. The second-order valence-corrected chi connectivity index (χ2v) is 5.68. The van der Waals surface area contributed by atoms with Crippen molar-refractivity contribution in [3.63, 3.8) is 0 Å². The van der Waals surface area contributed by atoms with Gasteiger partial charge in [0.2, 0.25) is 0 Å². The zero-order valence-electron chi connectivity index (χ0n) is 9.41. The lowest BCUT2D eigenvalue weighted by Gasteiger charge is -2.16. The van der Waals surface area contributed by atoms with E-state index in [4.69, 9.17) is 0 Å². The Labute approximate surface area is 113 Å². The molecule has 0 radical (unpaired) electrons. The van der Waals surface area contributed by atoms with Gasteiger partial charge < -0.3 is 5.32 Å². The van der Waals surface area contributed by atoms with Gasteiger partial charge in [-0.1, -0.05) is 12.1 Å². The minimum atomic E-state index is -0.222. The highest BCUT2D eigenvalue weighted by Crippen LogP contribution is 2.25. The summed E-state index contributed by atoms with van der Waals surface area (Å²) in [5, 5.41) is 5.34. The lowest BCUT2D eigenvalue weighted by molar-refractivity contribution is 0.587. The molecule has 0 aliphatic carbocycles. The fourth-order valence-corrected chi connectivity index (χ4v) is 2.89. The van der Waals surface area contributed by atoms with E-state index in [0.29, 0.717) is 4.47 Å². The summed E-state index contributed by atoms with van der Waals surface area (Å²) in [6.07, 6.45) is 0.923. The van der Waals surface area contributed by atoms with Gasteiger partial charge >= 0.3 is 0 Å². The Bertz CT molecular complexity index is 484. The molecular weight excluding hydrogens is 301 g/mol. The first-order valence-corrected chi connectivity index (χ1v) is 7.02. The van der Waals surface area contributed by atoms with Crippen LogP contribution in [-0.2, 0) is 6.42 Å². The second kappa shape index (κ2) is 5.76. The summed E-state index contributed by atoms with van der Waals surface area (Å²) in [5.74, 6) is -0.222. The molecule has 0 spiro atoms. The van der Waals surface area contributed by atoms with E-state index in [2.05, 4.69) is 32.7 Å². The molecule has 4 heteroatoms. The Morgan fingerprint density at radius 1 is 1.41 bits per heavy atom. The molecule has 0 saturated heterocycles. The number of benzene rings is 1. The fraction of sp³-hybridized carbons (Fsp3) is 0.231. The molecule has 0 saturated carbocycles. The van der Waals surface area contributed by atoms with E-state index in [-0.39, 0.29) is 11.9 Å². The first-order valence-electron chi connectivity index (χ1n) is 5.35. The summed E-state index contributed by atoms with van der Waals surface area (Å²) >= 11 is 4.96. The maximum Gasteiger partial charge on any atom is 0.137 e. The van der Waals surface area contributed by atoms with Gasteiger partial charge in [-0.05, 0) is 52.1 Å². The van der Waals surface area contributed by atoms with E-state index in [0.717, 1.165) is 12.0 Å². The lowest BCUT2D eigenvalue weighted by Crippen LogP contribution is -2.18. The Morgan fingerprint density at radius 3 is 2.82 bits per heavy atom. The molecule has 1 heterocycles. The zero-order chi connectivity index (χ0) is 12.3. The Hall–Kier alpha value is -0.710. The van der Waals surface area contributed by atoms with Crippen LogP contribution < -0.4 is 5.32 Å². The summed E-state index contributed by atoms with van der Waals surface area (Å²) in [7, 11) is 1.93. The Balaban J connectivity index is 2.20. The van der Waals surface area contributed by atoms with Crippen molar-refractivity contribution in [2.45, 2.75) is 12.5 Å². The topological polar surface area (TPSA) is 12.0 Å². The van der Waals surface area contributed by atoms with E-state index in [1.54, 1.807) is 11.3 Å². The second-order valence-electron chi connectivity index (χ2n) is 3.80. The van der Waals surface area contributed by atoms with Crippen LogP contribution in [0, 0.1) is 5.82 Å². The maximum absolute atomic E-state index is 13.2. The quantitative estimate of drug-likeness (QED) is 0.894. The SMILES string of the molecule is CNC(Cc1cccs1)c1ccc(F)c(Br)c1. The normalized spacial score (nSPS) is 12.6. The van der Waals surface area contributed by atoms with Crippen molar-refractivity contribution in [3.8, 4) is 0 Å². The number of nitrogens with one attached hydrogen (secondary N) is 1. The maximum atomic E-state index is 13.2. The highest BCUT2D eigenvalue weighted by molar-refractivity contribution is 9.10. The van der Waals surface area contributed by atoms with Gasteiger partial charge in [0.15, 0.2) is 0 Å². The van der Waals surface area contributed by atoms with E-state index >= 15 is 0 Å². The van der Waals surface area contributed by atoms with Crippen molar-refractivity contribution < 1.29 is 4.39 Å². The van der Waals surface area contributed by atoms with Crippen LogP contribution in [0.25, 0.3) is 0 Å². The third kappa shape index (κ3) is 3.15. The first-order chi connectivity index (χ1) is 8.20. The van der Waals surface area contributed by atoms with Gasteiger partial charge in [0.05, 0.1) is 4.47 Å². The number of halogens is 2. The molecule has 1 aromatic carbocycles. The van der Waals surface area contributed by atoms with Gasteiger partial charge in [-0.2, -0.15) is 0 Å². The van der Waals surface area contributed by atoms with Crippen molar-refractivity contribution in [2.24, 2.45) is 0 Å². The molecule has 1 aromatic heterocycles. The molecule has 0 fully saturated rings. The fourth-order valence-electron chi connectivity index (χ4n) is 1.75. The van der Waals surface area contributed by atoms with Crippen LogP contribution in [0.4, 0.5) is 4.39 Å². The molecule has 0 amide bonds. The number of rotatable bonds is 4. The number of likely N-dealkylation sites (N-methyl/N-ethyl adjacent to an activating group) is 1. The van der Waals surface area contributed by atoms with Crippen LogP contribution >= 0.6 is 27.3 Å². The molecule has 2 aromatic rings. The van der Waals surface area contributed by atoms with E-state index in [1.807, 2.05) is 25.2 Å². The predicted octanol–water partition coefficient (Wildman–Crippen LogP) is 4.15. The van der Waals surface area contributed by atoms with E-state index in [1.165, 1.54) is 10.9 Å². The Kier molecular flexibility index (Phi) is 4.31. The third-order valence-electron chi connectivity index (χ3n) is 2.68. The smallest absolute Gasteiger partial charge is 0.137 e. The van der Waals surface area contributed by atoms with Gasteiger partial charge in [-0.25, -0.2) is 4.39 Å². The van der Waals surface area contributed by atoms with E-state index < -0.39 is 0 Å². The molecule has 90 valence electrons. The predicted molar refractivity (Wildman–Crippen MR) is 73.9 cm³/mol. The number of hydrogen-bond donors (Lipinski definition) is 1. The summed E-state index contributed by atoms with van der Waals surface area (Å²) in [4.78, 5) is 1.32. The summed E-state index contributed by atoms with van der Waals surface area (Å²) in [6.45, 7) is 0. The lowest BCUT2D eigenvalue weighted by atomic mass is 10.0. The molecule has 1 unspecified atom stereocenters. The first kappa shape index (κ1) is 12.7. The van der Waals surface area contributed by atoms with Crippen molar-refractivity contribution in [2.75, 3.05) is 7.05 Å². The summed E-state index contributed by atoms with van der Waals surface area (Å²) < 4.78 is 13.7. The van der Waals surface area contributed by atoms with Gasteiger partial charge in [0.25, 0.3) is 0 Å². The molecule has 0 bridgehead atoms. The van der Waals surface area contributed by atoms with Crippen LogP contribution in [0.15, 0.2) is 40.2 Å². The van der Waals surface area contributed by atoms with Crippen LogP contribution in [0.2, 0.25) is 0 Å². The molecule has 0 aliphatic rings. The zero-order valence-corrected chi connectivity index (χ0v) is 11.8. The molecule has 17 heavy (non-hydrogen) atoms.